The van der Waals surface area contributed by atoms with Crippen LogP contribution >= 0.6 is 0 Å². The van der Waals surface area contributed by atoms with Gasteiger partial charge >= 0.3 is 0 Å². The molecule has 3 heterocycles. The van der Waals surface area contributed by atoms with Gasteiger partial charge in [0.15, 0.2) is 5.82 Å². The molecule has 270 valence electrons. The molecular formula is C54H33N3O. The van der Waals surface area contributed by atoms with Crippen molar-refractivity contribution in [3.8, 4) is 50.7 Å². The molecule has 0 aliphatic carbocycles. The standard InChI is InChI=1S/C54H33N3O/c1-3-14-34(15-4-1)35-26-28-38(29-27-35)47-33-46(37-17-5-2-6-18-37)55-54(56-47)43-23-13-22-42-45(43)32-49(51-44-21-10-12-25-50(44)58-53(42)51)57-48-24-11-9-20-40(48)41-31-30-36-16-7-8-19-39(36)52(41)57/h1-33H. The van der Waals surface area contributed by atoms with Crippen molar-refractivity contribution in [1.82, 2.24) is 14.5 Å². The Hall–Kier alpha value is -7.82. The van der Waals surface area contributed by atoms with E-state index in [1.165, 1.54) is 32.6 Å². The lowest BCUT2D eigenvalue weighted by Crippen LogP contribution is -1.99. The van der Waals surface area contributed by atoms with Crippen LogP contribution in [0.3, 0.4) is 0 Å². The summed E-state index contributed by atoms with van der Waals surface area (Å²) >= 11 is 0. The second kappa shape index (κ2) is 12.9. The molecule has 4 nitrogen and oxygen atoms in total. The molecule has 4 heteroatoms. The first-order valence-electron chi connectivity index (χ1n) is 19.7. The molecule has 0 fully saturated rings. The molecule has 12 rings (SSSR count). The Kier molecular flexibility index (Phi) is 7.20. The van der Waals surface area contributed by atoms with Gasteiger partial charge in [0.05, 0.1) is 33.5 Å². The van der Waals surface area contributed by atoms with E-state index in [0.29, 0.717) is 5.82 Å². The molecule has 0 unspecified atom stereocenters. The highest BCUT2D eigenvalue weighted by molar-refractivity contribution is 6.24. The number of aromatic nitrogens is 3. The molecular weight excluding hydrogens is 707 g/mol. The summed E-state index contributed by atoms with van der Waals surface area (Å²) in [6.45, 7) is 0. The van der Waals surface area contributed by atoms with Crippen LogP contribution in [0.4, 0.5) is 0 Å². The third-order valence-corrected chi connectivity index (χ3v) is 11.6. The highest BCUT2D eigenvalue weighted by Gasteiger charge is 2.23. The number of rotatable bonds is 5. The van der Waals surface area contributed by atoms with Gasteiger partial charge in [-0.2, -0.15) is 0 Å². The molecule has 12 aromatic rings. The molecule has 0 radical (unpaired) electrons. The van der Waals surface area contributed by atoms with Crippen LogP contribution in [0, 0.1) is 0 Å². The van der Waals surface area contributed by atoms with Crippen LogP contribution in [-0.4, -0.2) is 14.5 Å². The van der Waals surface area contributed by atoms with E-state index in [1.807, 2.05) is 18.2 Å². The monoisotopic (exact) mass is 739 g/mol. The maximum absolute atomic E-state index is 6.89. The van der Waals surface area contributed by atoms with Crippen LogP contribution in [0.2, 0.25) is 0 Å². The second-order valence-electron chi connectivity index (χ2n) is 14.9. The summed E-state index contributed by atoms with van der Waals surface area (Å²) in [5, 5.41) is 9.01. The van der Waals surface area contributed by atoms with E-state index in [0.717, 1.165) is 77.6 Å². The predicted molar refractivity (Wildman–Crippen MR) is 240 cm³/mol. The molecule has 0 spiro atoms. The van der Waals surface area contributed by atoms with Gasteiger partial charge in [-0.1, -0.05) is 176 Å². The van der Waals surface area contributed by atoms with Gasteiger partial charge in [-0.3, -0.25) is 0 Å². The summed E-state index contributed by atoms with van der Waals surface area (Å²) < 4.78 is 9.34. The fourth-order valence-corrected chi connectivity index (χ4v) is 8.91. The normalized spacial score (nSPS) is 11.8. The van der Waals surface area contributed by atoms with E-state index in [4.69, 9.17) is 14.4 Å². The minimum Gasteiger partial charge on any atom is -0.455 e. The Labute approximate surface area is 333 Å². The zero-order chi connectivity index (χ0) is 38.2. The quantitative estimate of drug-likeness (QED) is 0.177. The van der Waals surface area contributed by atoms with Gasteiger partial charge < -0.3 is 8.98 Å². The molecule has 0 N–H and O–H groups in total. The fourth-order valence-electron chi connectivity index (χ4n) is 8.91. The van der Waals surface area contributed by atoms with Crippen molar-refractivity contribution in [3.63, 3.8) is 0 Å². The van der Waals surface area contributed by atoms with Crippen molar-refractivity contribution in [2.45, 2.75) is 0 Å². The highest BCUT2D eigenvalue weighted by Crippen LogP contribution is 2.45. The van der Waals surface area contributed by atoms with Gasteiger partial charge in [-0.15, -0.1) is 0 Å². The largest absolute Gasteiger partial charge is 0.455 e. The predicted octanol–water partition coefficient (Wildman–Crippen LogP) is 14.4. The molecule has 0 atom stereocenters. The van der Waals surface area contributed by atoms with Crippen molar-refractivity contribution >= 4 is 65.3 Å². The summed E-state index contributed by atoms with van der Waals surface area (Å²) in [6.07, 6.45) is 0. The first-order chi connectivity index (χ1) is 28.8. The average Bonchev–Trinajstić information content (AvgIpc) is 3.86. The van der Waals surface area contributed by atoms with Crippen LogP contribution in [0.15, 0.2) is 205 Å². The smallest absolute Gasteiger partial charge is 0.161 e. The van der Waals surface area contributed by atoms with E-state index in [2.05, 4.69) is 187 Å². The Morgan fingerprint density at radius 3 is 1.79 bits per heavy atom. The van der Waals surface area contributed by atoms with Crippen molar-refractivity contribution in [3.05, 3.63) is 200 Å². The molecule has 0 saturated carbocycles. The van der Waals surface area contributed by atoms with Gasteiger partial charge in [-0.05, 0) is 46.2 Å². The van der Waals surface area contributed by atoms with Crippen LogP contribution in [0.1, 0.15) is 0 Å². The first kappa shape index (κ1) is 32.4. The lowest BCUT2D eigenvalue weighted by atomic mass is 9.98. The fraction of sp³-hybridized carbons (Fsp3) is 0. The molecule has 3 aromatic heterocycles. The molecule has 58 heavy (non-hydrogen) atoms. The molecule has 0 aliphatic rings. The van der Waals surface area contributed by atoms with Crippen molar-refractivity contribution in [1.29, 1.82) is 0 Å². The van der Waals surface area contributed by atoms with Gasteiger partial charge in [0.1, 0.15) is 11.2 Å². The van der Waals surface area contributed by atoms with Crippen LogP contribution in [-0.2, 0) is 0 Å². The zero-order valence-electron chi connectivity index (χ0n) is 31.3. The molecule has 0 saturated heterocycles. The molecule has 0 amide bonds. The van der Waals surface area contributed by atoms with Crippen LogP contribution < -0.4 is 0 Å². The van der Waals surface area contributed by atoms with Crippen LogP contribution in [0.25, 0.3) is 116 Å². The number of para-hydroxylation sites is 2. The Bertz CT molecular complexity index is 3550. The van der Waals surface area contributed by atoms with E-state index >= 15 is 0 Å². The maximum atomic E-state index is 6.89. The van der Waals surface area contributed by atoms with Gasteiger partial charge in [0.25, 0.3) is 0 Å². The van der Waals surface area contributed by atoms with Gasteiger partial charge in [0.2, 0.25) is 0 Å². The average molecular weight is 740 g/mol. The first-order valence-corrected chi connectivity index (χ1v) is 19.7. The SMILES string of the molecule is c1ccc(-c2ccc(-c3cc(-c4ccccc4)nc(-c4cccc5c4cc(-n4c6ccccc6c6ccc7ccccc7c64)c4c6ccccc6oc54)n3)cc2)cc1. The number of hydrogen-bond donors (Lipinski definition) is 0. The number of benzene rings is 9. The summed E-state index contributed by atoms with van der Waals surface area (Å²) in [5.41, 5.74) is 12.1. The molecule has 9 aromatic carbocycles. The Balaban J connectivity index is 1.17. The van der Waals surface area contributed by atoms with E-state index in [1.54, 1.807) is 0 Å². The minimum absolute atomic E-state index is 0.656. The van der Waals surface area contributed by atoms with Gasteiger partial charge in [0, 0.05) is 43.6 Å². The lowest BCUT2D eigenvalue weighted by Gasteiger charge is -2.15. The minimum atomic E-state index is 0.656. The van der Waals surface area contributed by atoms with Crippen LogP contribution in [0.5, 0.6) is 0 Å². The van der Waals surface area contributed by atoms with Crippen molar-refractivity contribution in [2.75, 3.05) is 0 Å². The van der Waals surface area contributed by atoms with Crippen molar-refractivity contribution in [2.24, 2.45) is 0 Å². The number of furan rings is 1. The lowest BCUT2D eigenvalue weighted by molar-refractivity contribution is 0.672. The Morgan fingerprint density at radius 2 is 1.00 bits per heavy atom. The summed E-state index contributed by atoms with van der Waals surface area (Å²) in [4.78, 5) is 10.7. The van der Waals surface area contributed by atoms with E-state index in [9.17, 15) is 0 Å². The number of nitrogens with zero attached hydrogens (tertiary/aromatic N) is 3. The second-order valence-corrected chi connectivity index (χ2v) is 14.9. The summed E-state index contributed by atoms with van der Waals surface area (Å²) in [5.74, 6) is 0.656. The van der Waals surface area contributed by atoms with E-state index < -0.39 is 0 Å². The van der Waals surface area contributed by atoms with Crippen molar-refractivity contribution < 1.29 is 4.42 Å². The summed E-state index contributed by atoms with van der Waals surface area (Å²) in [7, 11) is 0. The Morgan fingerprint density at radius 1 is 0.397 bits per heavy atom. The molecule has 0 aliphatic heterocycles. The maximum Gasteiger partial charge on any atom is 0.161 e. The topological polar surface area (TPSA) is 43.9 Å². The van der Waals surface area contributed by atoms with Gasteiger partial charge in [-0.25, -0.2) is 9.97 Å². The summed E-state index contributed by atoms with van der Waals surface area (Å²) in [6, 6.07) is 70.7. The zero-order valence-corrected chi connectivity index (χ0v) is 31.3. The number of fused-ring (bicyclic) bond motifs is 10. The molecule has 0 bridgehead atoms. The van der Waals surface area contributed by atoms with E-state index in [-0.39, 0.29) is 0 Å². The number of hydrogen-bond acceptors (Lipinski definition) is 3. The third kappa shape index (κ3) is 5.02. The third-order valence-electron chi connectivity index (χ3n) is 11.6. The highest BCUT2D eigenvalue weighted by atomic mass is 16.3.